The predicted octanol–water partition coefficient (Wildman–Crippen LogP) is 2.93. The lowest BCUT2D eigenvalue weighted by Gasteiger charge is -2.09. The number of pyridine rings is 1. The van der Waals surface area contributed by atoms with Gasteiger partial charge >= 0.3 is 0 Å². The number of aromatic nitrogens is 6. The van der Waals surface area contributed by atoms with Gasteiger partial charge < -0.3 is 10.3 Å². The highest BCUT2D eigenvalue weighted by molar-refractivity contribution is 6.30. The van der Waals surface area contributed by atoms with Crippen LogP contribution in [0.2, 0.25) is 5.02 Å². The number of hydrogen-bond donors (Lipinski definition) is 1. The van der Waals surface area contributed by atoms with Crippen LogP contribution < -0.4 is 5.73 Å². The molecule has 0 bridgehead atoms. The molecule has 4 rings (SSSR count). The number of nitrogens with two attached hydrogens (primary N) is 1. The van der Waals surface area contributed by atoms with Gasteiger partial charge in [-0.25, -0.2) is 4.98 Å². The van der Waals surface area contributed by atoms with Gasteiger partial charge in [-0.15, -0.1) is 0 Å². The lowest BCUT2D eigenvalue weighted by molar-refractivity contribution is 0.706. The minimum atomic E-state index is 0.289. The van der Waals surface area contributed by atoms with E-state index in [1.54, 1.807) is 6.20 Å². The lowest BCUT2D eigenvalue weighted by atomic mass is 10.1. The van der Waals surface area contributed by atoms with E-state index >= 15 is 0 Å². The molecule has 8 heteroatoms. The third-order valence-corrected chi connectivity index (χ3v) is 4.08. The van der Waals surface area contributed by atoms with Gasteiger partial charge in [0.15, 0.2) is 0 Å². The highest BCUT2D eigenvalue weighted by Crippen LogP contribution is 2.31. The first-order chi connectivity index (χ1) is 11.7. The summed E-state index contributed by atoms with van der Waals surface area (Å²) in [5.74, 6) is 0.899. The molecule has 3 aromatic heterocycles. The number of aryl methyl sites for hydroxylation is 1. The van der Waals surface area contributed by atoms with Gasteiger partial charge in [0.05, 0.1) is 11.7 Å². The van der Waals surface area contributed by atoms with Gasteiger partial charge in [0.2, 0.25) is 11.9 Å². The first-order valence-electron chi connectivity index (χ1n) is 7.45. The van der Waals surface area contributed by atoms with Crippen molar-refractivity contribution in [1.29, 1.82) is 0 Å². The minimum absolute atomic E-state index is 0.289. The summed E-state index contributed by atoms with van der Waals surface area (Å²) in [5, 5.41) is 4.84. The molecule has 120 valence electrons. The van der Waals surface area contributed by atoms with Gasteiger partial charge in [0, 0.05) is 23.3 Å². The molecule has 0 saturated heterocycles. The second kappa shape index (κ2) is 5.61. The van der Waals surface area contributed by atoms with E-state index in [1.165, 1.54) is 11.0 Å². The third-order valence-electron chi connectivity index (χ3n) is 3.85. The molecule has 0 saturated carbocycles. The maximum absolute atomic E-state index is 6.15. The van der Waals surface area contributed by atoms with E-state index in [4.69, 9.17) is 17.3 Å². The van der Waals surface area contributed by atoms with Crippen LogP contribution in [0.15, 0.2) is 43.0 Å². The molecule has 0 aliphatic rings. The fraction of sp³-hybridized carbons (Fsp3) is 0.125. The van der Waals surface area contributed by atoms with E-state index in [0.717, 1.165) is 22.2 Å². The number of rotatable bonds is 3. The van der Waals surface area contributed by atoms with E-state index in [9.17, 15) is 0 Å². The molecule has 0 unspecified atom stereocenters. The average Bonchev–Trinajstić information content (AvgIpc) is 3.17. The first kappa shape index (κ1) is 14.6. The van der Waals surface area contributed by atoms with Crippen molar-refractivity contribution in [2.45, 2.75) is 13.5 Å². The Labute approximate surface area is 142 Å². The maximum atomic E-state index is 6.15. The molecular weight excluding hydrogens is 326 g/mol. The molecular formula is C16H14ClN7. The van der Waals surface area contributed by atoms with Gasteiger partial charge in [-0.3, -0.25) is 4.98 Å². The number of nitrogens with zero attached hydrogens (tertiary/aromatic N) is 6. The number of anilines is 1. The number of hydrogen-bond acceptors (Lipinski definition) is 5. The molecule has 0 atom stereocenters. The van der Waals surface area contributed by atoms with Gasteiger partial charge in [0.25, 0.3) is 0 Å². The van der Waals surface area contributed by atoms with Crippen molar-refractivity contribution in [2.75, 3.05) is 5.73 Å². The number of halogens is 1. The van der Waals surface area contributed by atoms with Crippen LogP contribution in [0.5, 0.6) is 0 Å². The normalized spacial score (nSPS) is 11.2. The SMILES string of the molecule is CCn1c(-n2ncnc2N)nc2cncc(-c3cccc(Cl)c3)c21. The Balaban J connectivity index is 2.04. The van der Waals surface area contributed by atoms with Crippen molar-refractivity contribution in [3.63, 3.8) is 0 Å². The van der Waals surface area contributed by atoms with E-state index in [1.807, 2.05) is 42.0 Å². The highest BCUT2D eigenvalue weighted by atomic mass is 35.5. The zero-order valence-electron chi connectivity index (χ0n) is 12.9. The van der Waals surface area contributed by atoms with Gasteiger partial charge in [0.1, 0.15) is 11.8 Å². The van der Waals surface area contributed by atoms with Crippen LogP contribution in [-0.4, -0.2) is 29.3 Å². The van der Waals surface area contributed by atoms with Crippen molar-refractivity contribution < 1.29 is 0 Å². The Morgan fingerprint density at radius 1 is 1.25 bits per heavy atom. The Hall–Kier alpha value is -2.93. The Kier molecular flexibility index (Phi) is 3.42. The summed E-state index contributed by atoms with van der Waals surface area (Å²) >= 11 is 6.15. The fourth-order valence-corrected chi connectivity index (χ4v) is 3.00. The minimum Gasteiger partial charge on any atom is -0.368 e. The molecule has 0 fully saturated rings. The standard InChI is InChI=1S/C16H14ClN7/c1-2-23-14-12(10-4-3-5-11(17)6-10)7-19-8-13(14)22-16(23)24-15(18)20-9-21-24/h3-9H,2H2,1H3,(H2,18,20,21). The van der Waals surface area contributed by atoms with E-state index in [0.29, 0.717) is 17.5 Å². The molecule has 2 N–H and O–H groups in total. The maximum Gasteiger partial charge on any atom is 0.235 e. The largest absolute Gasteiger partial charge is 0.368 e. The van der Waals surface area contributed by atoms with Crippen LogP contribution in [0, 0.1) is 0 Å². The van der Waals surface area contributed by atoms with Crippen molar-refractivity contribution in [2.24, 2.45) is 0 Å². The quantitative estimate of drug-likeness (QED) is 0.620. The van der Waals surface area contributed by atoms with Crippen molar-refractivity contribution in [3.8, 4) is 17.1 Å². The Bertz CT molecular complexity index is 1030. The summed E-state index contributed by atoms with van der Waals surface area (Å²) in [6.45, 7) is 2.74. The number of fused-ring (bicyclic) bond motifs is 1. The number of benzene rings is 1. The van der Waals surface area contributed by atoms with Gasteiger partial charge in [-0.05, 0) is 24.6 Å². The molecule has 7 nitrogen and oxygen atoms in total. The highest BCUT2D eigenvalue weighted by Gasteiger charge is 2.18. The lowest BCUT2D eigenvalue weighted by Crippen LogP contribution is -2.10. The summed E-state index contributed by atoms with van der Waals surface area (Å²) < 4.78 is 3.56. The first-order valence-corrected chi connectivity index (χ1v) is 7.83. The zero-order chi connectivity index (χ0) is 16.7. The van der Waals surface area contributed by atoms with Crippen LogP contribution in [0.1, 0.15) is 6.92 Å². The van der Waals surface area contributed by atoms with E-state index < -0.39 is 0 Å². The van der Waals surface area contributed by atoms with Gasteiger partial charge in [-0.2, -0.15) is 14.8 Å². The van der Waals surface area contributed by atoms with E-state index in [2.05, 4.69) is 20.1 Å². The number of nitrogen functional groups attached to an aromatic ring is 1. The summed E-state index contributed by atoms with van der Waals surface area (Å²) in [5.41, 5.74) is 9.54. The molecule has 0 spiro atoms. The average molecular weight is 340 g/mol. The summed E-state index contributed by atoms with van der Waals surface area (Å²) in [6.07, 6.45) is 4.95. The molecule has 0 amide bonds. The van der Waals surface area contributed by atoms with Crippen molar-refractivity contribution in [1.82, 2.24) is 29.3 Å². The molecule has 0 aliphatic heterocycles. The Morgan fingerprint density at radius 3 is 2.83 bits per heavy atom. The second-order valence-electron chi connectivity index (χ2n) is 5.25. The molecule has 3 heterocycles. The second-order valence-corrected chi connectivity index (χ2v) is 5.69. The van der Waals surface area contributed by atoms with Gasteiger partial charge in [-0.1, -0.05) is 23.7 Å². The van der Waals surface area contributed by atoms with Crippen LogP contribution in [-0.2, 0) is 6.54 Å². The van der Waals surface area contributed by atoms with Crippen molar-refractivity contribution >= 4 is 28.6 Å². The summed E-state index contributed by atoms with van der Waals surface area (Å²) in [6, 6.07) is 7.67. The predicted molar refractivity (Wildman–Crippen MR) is 93.0 cm³/mol. The van der Waals surface area contributed by atoms with Crippen LogP contribution in [0.3, 0.4) is 0 Å². The van der Waals surface area contributed by atoms with Crippen LogP contribution in [0.25, 0.3) is 28.1 Å². The van der Waals surface area contributed by atoms with Crippen LogP contribution >= 0.6 is 11.6 Å². The molecule has 24 heavy (non-hydrogen) atoms. The monoisotopic (exact) mass is 339 g/mol. The molecule has 0 aliphatic carbocycles. The molecule has 1 aromatic carbocycles. The van der Waals surface area contributed by atoms with Crippen molar-refractivity contribution in [3.05, 3.63) is 48.0 Å². The van der Waals surface area contributed by atoms with Crippen LogP contribution in [0.4, 0.5) is 5.95 Å². The summed E-state index contributed by atoms with van der Waals surface area (Å²) in [4.78, 5) is 12.9. The number of imidazole rings is 1. The molecule has 4 aromatic rings. The van der Waals surface area contributed by atoms with E-state index in [-0.39, 0.29) is 5.95 Å². The fourth-order valence-electron chi connectivity index (χ4n) is 2.81. The zero-order valence-corrected chi connectivity index (χ0v) is 13.6. The summed E-state index contributed by atoms with van der Waals surface area (Å²) in [7, 11) is 0. The molecule has 0 radical (unpaired) electrons. The third kappa shape index (κ3) is 2.21. The smallest absolute Gasteiger partial charge is 0.235 e. The Morgan fingerprint density at radius 2 is 2.12 bits per heavy atom. The topological polar surface area (TPSA) is 87.4 Å².